The Hall–Kier alpha value is -2.08. The van der Waals surface area contributed by atoms with Gasteiger partial charge in [0.1, 0.15) is 0 Å². The zero-order valence-electron chi connectivity index (χ0n) is 11.3. The largest absolute Gasteiger partial charge is 0.481 e. The first-order valence-electron chi connectivity index (χ1n) is 6.03. The standard InChI is InChI=1S/C14H16N2O3S/c1-19-14-11(6-5-9-15-14)10-16-12-7-3-4-8-13(12)20(2,17)18/h3-9,16H,10H2,1-2H3. The van der Waals surface area contributed by atoms with Crippen LogP contribution in [-0.2, 0) is 16.4 Å². The zero-order chi connectivity index (χ0) is 14.6. The van der Waals surface area contributed by atoms with Crippen molar-refractivity contribution < 1.29 is 13.2 Å². The van der Waals surface area contributed by atoms with E-state index in [-0.39, 0.29) is 4.90 Å². The van der Waals surface area contributed by atoms with Crippen molar-refractivity contribution in [3.05, 3.63) is 48.2 Å². The highest BCUT2D eigenvalue weighted by atomic mass is 32.2. The van der Waals surface area contributed by atoms with E-state index in [4.69, 9.17) is 4.74 Å². The zero-order valence-corrected chi connectivity index (χ0v) is 12.1. The number of hydrogen-bond acceptors (Lipinski definition) is 5. The first-order chi connectivity index (χ1) is 9.52. The number of para-hydroxylation sites is 1. The Morgan fingerprint density at radius 2 is 1.95 bits per heavy atom. The van der Waals surface area contributed by atoms with Gasteiger partial charge in [-0.2, -0.15) is 0 Å². The lowest BCUT2D eigenvalue weighted by atomic mass is 10.2. The van der Waals surface area contributed by atoms with E-state index in [1.54, 1.807) is 37.6 Å². The third kappa shape index (κ3) is 3.27. The molecule has 5 nitrogen and oxygen atoms in total. The Labute approximate surface area is 118 Å². The fourth-order valence-corrected chi connectivity index (χ4v) is 2.73. The topological polar surface area (TPSA) is 68.3 Å². The van der Waals surface area contributed by atoms with E-state index in [0.29, 0.717) is 18.1 Å². The van der Waals surface area contributed by atoms with E-state index < -0.39 is 9.84 Å². The summed E-state index contributed by atoms with van der Waals surface area (Å²) in [5, 5.41) is 3.11. The number of nitrogens with zero attached hydrogens (tertiary/aromatic N) is 1. The molecule has 1 heterocycles. The first kappa shape index (κ1) is 14.3. The molecule has 0 spiro atoms. The number of nitrogens with one attached hydrogen (secondary N) is 1. The molecule has 0 unspecified atom stereocenters. The van der Waals surface area contributed by atoms with Crippen molar-refractivity contribution in [1.82, 2.24) is 4.98 Å². The van der Waals surface area contributed by atoms with Crippen LogP contribution < -0.4 is 10.1 Å². The van der Waals surface area contributed by atoms with E-state index in [9.17, 15) is 8.42 Å². The molecule has 20 heavy (non-hydrogen) atoms. The second-order valence-electron chi connectivity index (χ2n) is 4.29. The van der Waals surface area contributed by atoms with E-state index in [1.165, 1.54) is 6.26 Å². The molecule has 1 aromatic heterocycles. The number of pyridine rings is 1. The molecule has 0 aliphatic carbocycles. The molecule has 0 aliphatic rings. The Kier molecular flexibility index (Phi) is 4.24. The number of anilines is 1. The molecule has 0 atom stereocenters. The van der Waals surface area contributed by atoms with Crippen molar-refractivity contribution in [1.29, 1.82) is 0 Å². The average molecular weight is 292 g/mol. The minimum absolute atomic E-state index is 0.280. The third-order valence-electron chi connectivity index (χ3n) is 2.80. The van der Waals surface area contributed by atoms with Gasteiger partial charge in [-0.05, 0) is 18.2 Å². The lowest BCUT2D eigenvalue weighted by Gasteiger charge is -2.12. The summed E-state index contributed by atoms with van der Waals surface area (Å²) in [6.45, 7) is 0.434. The van der Waals surface area contributed by atoms with Gasteiger partial charge in [0.15, 0.2) is 9.84 Å². The lowest BCUT2D eigenvalue weighted by Crippen LogP contribution is -2.07. The normalized spacial score (nSPS) is 11.1. The van der Waals surface area contributed by atoms with Crippen molar-refractivity contribution in [2.24, 2.45) is 0 Å². The highest BCUT2D eigenvalue weighted by Gasteiger charge is 2.12. The molecule has 106 valence electrons. The maximum absolute atomic E-state index is 11.7. The average Bonchev–Trinajstić information content (AvgIpc) is 2.44. The summed E-state index contributed by atoms with van der Waals surface area (Å²) in [6, 6.07) is 10.5. The van der Waals surface area contributed by atoms with Gasteiger partial charge in [0, 0.05) is 24.6 Å². The maximum Gasteiger partial charge on any atom is 0.218 e. The maximum atomic E-state index is 11.7. The lowest BCUT2D eigenvalue weighted by molar-refractivity contribution is 0.393. The monoisotopic (exact) mass is 292 g/mol. The Bertz CT molecular complexity index is 699. The molecule has 0 amide bonds. The highest BCUT2D eigenvalue weighted by molar-refractivity contribution is 7.90. The second kappa shape index (κ2) is 5.92. The molecule has 2 aromatic rings. The predicted octanol–water partition coefficient (Wildman–Crippen LogP) is 2.11. The van der Waals surface area contributed by atoms with Crippen molar-refractivity contribution >= 4 is 15.5 Å². The molecule has 0 saturated carbocycles. The van der Waals surface area contributed by atoms with Crippen molar-refractivity contribution in [3.63, 3.8) is 0 Å². The molecule has 0 radical (unpaired) electrons. The van der Waals surface area contributed by atoms with Crippen LogP contribution in [0.4, 0.5) is 5.69 Å². The number of rotatable bonds is 5. The van der Waals surface area contributed by atoms with Crippen LogP contribution in [0.25, 0.3) is 0 Å². The Balaban J connectivity index is 2.24. The van der Waals surface area contributed by atoms with Crippen molar-refractivity contribution in [2.45, 2.75) is 11.4 Å². The van der Waals surface area contributed by atoms with Crippen LogP contribution in [0.1, 0.15) is 5.56 Å². The van der Waals surface area contributed by atoms with Gasteiger partial charge in [-0.25, -0.2) is 13.4 Å². The molecule has 0 bridgehead atoms. The minimum atomic E-state index is -3.26. The van der Waals surface area contributed by atoms with E-state index >= 15 is 0 Å². The number of benzene rings is 1. The SMILES string of the molecule is COc1ncccc1CNc1ccccc1S(C)(=O)=O. The van der Waals surface area contributed by atoms with Gasteiger partial charge in [0.25, 0.3) is 0 Å². The van der Waals surface area contributed by atoms with Crippen LogP contribution in [-0.4, -0.2) is 26.8 Å². The van der Waals surface area contributed by atoms with Crippen LogP contribution in [0.2, 0.25) is 0 Å². The summed E-state index contributed by atoms with van der Waals surface area (Å²) >= 11 is 0. The molecule has 1 N–H and O–H groups in total. The summed E-state index contributed by atoms with van der Waals surface area (Å²) in [4.78, 5) is 4.38. The Morgan fingerprint density at radius 3 is 2.65 bits per heavy atom. The van der Waals surface area contributed by atoms with Gasteiger partial charge >= 0.3 is 0 Å². The second-order valence-corrected chi connectivity index (χ2v) is 6.28. The number of ether oxygens (including phenoxy) is 1. The molecule has 0 saturated heterocycles. The van der Waals surface area contributed by atoms with Gasteiger partial charge in [0.05, 0.1) is 17.7 Å². The van der Waals surface area contributed by atoms with Crippen LogP contribution >= 0.6 is 0 Å². The smallest absolute Gasteiger partial charge is 0.218 e. The molecular weight excluding hydrogens is 276 g/mol. The summed E-state index contributed by atoms with van der Waals surface area (Å²) in [7, 11) is -1.71. The fraction of sp³-hybridized carbons (Fsp3) is 0.214. The van der Waals surface area contributed by atoms with E-state index in [0.717, 1.165) is 5.56 Å². The molecule has 0 fully saturated rings. The fourth-order valence-electron chi connectivity index (χ4n) is 1.87. The van der Waals surface area contributed by atoms with Crippen molar-refractivity contribution in [2.75, 3.05) is 18.7 Å². The number of sulfone groups is 1. The van der Waals surface area contributed by atoms with Crippen molar-refractivity contribution in [3.8, 4) is 5.88 Å². The van der Waals surface area contributed by atoms with E-state index in [2.05, 4.69) is 10.3 Å². The summed E-state index contributed by atoms with van der Waals surface area (Å²) in [5.41, 5.74) is 1.43. The third-order valence-corrected chi connectivity index (χ3v) is 3.95. The minimum Gasteiger partial charge on any atom is -0.481 e. The van der Waals surface area contributed by atoms with Gasteiger partial charge in [-0.15, -0.1) is 0 Å². The van der Waals surface area contributed by atoms with Crippen LogP contribution in [0, 0.1) is 0 Å². The number of hydrogen-bond donors (Lipinski definition) is 1. The Morgan fingerprint density at radius 1 is 1.20 bits per heavy atom. The summed E-state index contributed by atoms with van der Waals surface area (Å²) in [6.07, 6.45) is 2.84. The molecule has 1 aromatic carbocycles. The number of aromatic nitrogens is 1. The predicted molar refractivity (Wildman–Crippen MR) is 77.7 cm³/mol. The first-order valence-corrected chi connectivity index (χ1v) is 7.92. The molecule has 2 rings (SSSR count). The van der Waals surface area contributed by atoms with Crippen LogP contribution in [0.15, 0.2) is 47.5 Å². The van der Waals surface area contributed by atoms with Gasteiger partial charge in [0.2, 0.25) is 5.88 Å². The van der Waals surface area contributed by atoms with Crippen LogP contribution in [0.5, 0.6) is 5.88 Å². The van der Waals surface area contributed by atoms with E-state index in [1.807, 2.05) is 12.1 Å². The molecule has 6 heteroatoms. The molecular formula is C14H16N2O3S. The van der Waals surface area contributed by atoms with Gasteiger partial charge in [-0.3, -0.25) is 0 Å². The summed E-state index contributed by atoms with van der Waals surface area (Å²) < 4.78 is 28.6. The molecule has 0 aliphatic heterocycles. The number of methoxy groups -OCH3 is 1. The quantitative estimate of drug-likeness (QED) is 0.914. The van der Waals surface area contributed by atoms with Gasteiger partial charge in [-0.1, -0.05) is 18.2 Å². The highest BCUT2D eigenvalue weighted by Crippen LogP contribution is 2.22. The van der Waals surface area contributed by atoms with Crippen LogP contribution in [0.3, 0.4) is 0 Å². The summed E-state index contributed by atoms with van der Waals surface area (Å²) in [5.74, 6) is 0.525. The van der Waals surface area contributed by atoms with Gasteiger partial charge < -0.3 is 10.1 Å².